The van der Waals surface area contributed by atoms with Crippen LogP contribution in [0.25, 0.3) is 0 Å². The topological polar surface area (TPSA) is 123 Å². The smallest absolute Gasteiger partial charge is 0.265 e. The number of aryl methyl sites for hydroxylation is 3. The molecule has 1 aromatic heterocycles. The second-order valence-corrected chi connectivity index (χ2v) is 8.58. The summed E-state index contributed by atoms with van der Waals surface area (Å²) in [7, 11) is -2.59. The Kier molecular flexibility index (Phi) is 6.91. The van der Waals surface area contributed by atoms with Gasteiger partial charge < -0.3 is 14.6 Å². The van der Waals surface area contributed by atoms with E-state index in [-0.39, 0.29) is 16.2 Å². The number of sulfonamides is 1. The molecule has 1 heterocycles. The zero-order valence-corrected chi connectivity index (χ0v) is 18.3. The maximum Gasteiger partial charge on any atom is 0.265 e. The zero-order valence-electron chi connectivity index (χ0n) is 17.5. The first-order valence-electron chi connectivity index (χ1n) is 9.63. The maximum absolute atomic E-state index is 12.9. The molecule has 0 bridgehead atoms. The Bertz CT molecular complexity index is 1160. The fourth-order valence-corrected chi connectivity index (χ4v) is 4.10. The third kappa shape index (κ3) is 5.82. The quantitative estimate of drug-likeness (QED) is 0.486. The lowest BCUT2D eigenvalue weighted by molar-refractivity contribution is 0.0952. The van der Waals surface area contributed by atoms with E-state index in [1.165, 1.54) is 25.3 Å². The summed E-state index contributed by atoms with van der Waals surface area (Å²) in [6, 6.07) is 11.2. The van der Waals surface area contributed by atoms with E-state index in [0.717, 1.165) is 5.56 Å². The van der Waals surface area contributed by atoms with Crippen molar-refractivity contribution in [2.45, 2.75) is 31.6 Å². The third-order valence-electron chi connectivity index (χ3n) is 4.44. The molecular weight excluding hydrogens is 420 g/mol. The van der Waals surface area contributed by atoms with Crippen molar-refractivity contribution in [3.8, 4) is 5.75 Å². The monoisotopic (exact) mass is 444 g/mol. The van der Waals surface area contributed by atoms with Gasteiger partial charge in [-0.2, -0.15) is 4.98 Å². The first-order chi connectivity index (χ1) is 14.8. The fraction of sp³-hybridized carbons (Fsp3) is 0.286. The second-order valence-electron chi connectivity index (χ2n) is 6.93. The Morgan fingerprint density at radius 3 is 2.52 bits per heavy atom. The van der Waals surface area contributed by atoms with Gasteiger partial charge in [-0.25, -0.2) is 8.42 Å². The molecular formula is C21H24N4O5S. The molecule has 0 fully saturated rings. The van der Waals surface area contributed by atoms with Crippen LogP contribution in [0.2, 0.25) is 0 Å². The number of nitrogens with one attached hydrogen (secondary N) is 2. The number of benzene rings is 2. The van der Waals surface area contributed by atoms with Gasteiger partial charge in [-0.05, 0) is 50.6 Å². The van der Waals surface area contributed by atoms with E-state index in [0.29, 0.717) is 36.8 Å². The number of hydrogen-bond acceptors (Lipinski definition) is 7. The van der Waals surface area contributed by atoms with E-state index in [4.69, 9.17) is 9.26 Å². The predicted molar refractivity (Wildman–Crippen MR) is 115 cm³/mol. The van der Waals surface area contributed by atoms with Gasteiger partial charge in [0.25, 0.3) is 15.9 Å². The minimum absolute atomic E-state index is 0.121. The van der Waals surface area contributed by atoms with Gasteiger partial charge in [0.15, 0.2) is 5.82 Å². The normalized spacial score (nSPS) is 11.2. The van der Waals surface area contributed by atoms with E-state index in [1.54, 1.807) is 31.2 Å². The minimum Gasteiger partial charge on any atom is -0.495 e. The summed E-state index contributed by atoms with van der Waals surface area (Å²) < 4.78 is 38.6. The van der Waals surface area contributed by atoms with E-state index < -0.39 is 15.9 Å². The van der Waals surface area contributed by atoms with Gasteiger partial charge in [0, 0.05) is 24.2 Å². The number of carbonyl (C=O) groups is 1. The highest BCUT2D eigenvalue weighted by Gasteiger charge is 2.22. The molecule has 0 saturated heterocycles. The number of methoxy groups -OCH3 is 1. The van der Waals surface area contributed by atoms with Gasteiger partial charge in [-0.1, -0.05) is 22.9 Å². The molecule has 164 valence electrons. The van der Waals surface area contributed by atoms with E-state index in [2.05, 4.69) is 20.2 Å². The standard InChI is InChI=1S/C21H24N4O5S/c1-14-6-9-17(10-7-14)25-31(27,28)19-13-16(8-11-18(19)29-3)21(26)22-12-4-5-20-23-15(2)24-30-20/h6-11,13,25H,4-5,12H2,1-3H3,(H,22,26). The largest absolute Gasteiger partial charge is 0.495 e. The van der Waals surface area contributed by atoms with Crippen LogP contribution in [0, 0.1) is 13.8 Å². The van der Waals surface area contributed by atoms with Crippen molar-refractivity contribution in [1.29, 1.82) is 0 Å². The molecule has 3 aromatic rings. The summed E-state index contributed by atoms with van der Waals surface area (Å²) >= 11 is 0. The highest BCUT2D eigenvalue weighted by atomic mass is 32.2. The number of aromatic nitrogens is 2. The maximum atomic E-state index is 12.9. The van der Waals surface area contributed by atoms with Gasteiger partial charge in [0.05, 0.1) is 7.11 Å². The van der Waals surface area contributed by atoms with E-state index in [1.807, 2.05) is 6.92 Å². The molecule has 0 aliphatic carbocycles. The summed E-state index contributed by atoms with van der Waals surface area (Å²) in [4.78, 5) is 16.5. The molecule has 0 atom stereocenters. The van der Waals surface area contributed by atoms with E-state index >= 15 is 0 Å². The van der Waals surface area contributed by atoms with Gasteiger partial charge in [-0.15, -0.1) is 0 Å². The summed E-state index contributed by atoms with van der Waals surface area (Å²) in [6.45, 7) is 4.01. The molecule has 31 heavy (non-hydrogen) atoms. The molecule has 1 amide bonds. The van der Waals surface area contributed by atoms with Crippen LogP contribution in [0.4, 0.5) is 5.69 Å². The van der Waals surface area contributed by atoms with Gasteiger partial charge in [0.2, 0.25) is 5.89 Å². The molecule has 3 rings (SSSR count). The molecule has 0 aliphatic heterocycles. The molecule has 0 radical (unpaired) electrons. The number of anilines is 1. The SMILES string of the molecule is COc1ccc(C(=O)NCCCc2nc(C)no2)cc1S(=O)(=O)Nc1ccc(C)cc1. The van der Waals surface area contributed by atoms with Crippen molar-refractivity contribution in [2.75, 3.05) is 18.4 Å². The predicted octanol–water partition coefficient (Wildman–Crippen LogP) is 2.86. The van der Waals surface area contributed by atoms with Crippen LogP contribution in [0.15, 0.2) is 51.9 Å². The van der Waals surface area contributed by atoms with E-state index in [9.17, 15) is 13.2 Å². The number of ether oxygens (including phenoxy) is 1. The van der Waals surface area contributed by atoms with Gasteiger partial charge in [0.1, 0.15) is 10.6 Å². The number of rotatable bonds is 9. The average molecular weight is 445 g/mol. The molecule has 9 nitrogen and oxygen atoms in total. The van der Waals surface area contributed by atoms with Crippen molar-refractivity contribution in [1.82, 2.24) is 15.5 Å². The Labute approximate surface area is 180 Å². The summed E-state index contributed by atoms with van der Waals surface area (Å²) in [5, 5.41) is 6.48. The summed E-state index contributed by atoms with van der Waals surface area (Å²) in [6.07, 6.45) is 1.13. The van der Waals surface area contributed by atoms with Crippen molar-refractivity contribution in [3.05, 3.63) is 65.3 Å². The van der Waals surface area contributed by atoms with Crippen molar-refractivity contribution < 1.29 is 22.5 Å². The fourth-order valence-electron chi connectivity index (χ4n) is 2.84. The average Bonchev–Trinajstić information content (AvgIpc) is 3.17. The Hall–Kier alpha value is -3.40. The Morgan fingerprint density at radius 2 is 1.87 bits per heavy atom. The van der Waals surface area contributed by atoms with Crippen molar-refractivity contribution >= 4 is 21.6 Å². The minimum atomic E-state index is -3.97. The number of hydrogen-bond donors (Lipinski definition) is 2. The van der Waals surface area contributed by atoms with Crippen LogP contribution in [0.5, 0.6) is 5.75 Å². The lowest BCUT2D eigenvalue weighted by Crippen LogP contribution is -2.25. The Balaban J connectivity index is 1.69. The van der Waals surface area contributed by atoms with Crippen LogP contribution in [-0.2, 0) is 16.4 Å². The van der Waals surface area contributed by atoms with Crippen molar-refractivity contribution in [3.63, 3.8) is 0 Å². The van der Waals surface area contributed by atoms with Gasteiger partial charge in [-0.3, -0.25) is 9.52 Å². The van der Waals surface area contributed by atoms with Crippen LogP contribution in [0.1, 0.15) is 34.1 Å². The van der Waals surface area contributed by atoms with Crippen molar-refractivity contribution in [2.24, 2.45) is 0 Å². The molecule has 10 heteroatoms. The van der Waals surface area contributed by atoms with Gasteiger partial charge >= 0.3 is 0 Å². The first kappa shape index (κ1) is 22.3. The third-order valence-corrected chi connectivity index (χ3v) is 5.84. The molecule has 0 spiro atoms. The molecule has 2 aromatic carbocycles. The molecule has 0 saturated carbocycles. The van der Waals surface area contributed by atoms with Crippen LogP contribution < -0.4 is 14.8 Å². The molecule has 0 aliphatic rings. The molecule has 0 unspecified atom stereocenters. The number of amides is 1. The highest BCUT2D eigenvalue weighted by Crippen LogP contribution is 2.27. The highest BCUT2D eigenvalue weighted by molar-refractivity contribution is 7.92. The zero-order chi connectivity index (χ0) is 22.4. The lowest BCUT2D eigenvalue weighted by Gasteiger charge is -2.13. The van der Waals surface area contributed by atoms with Crippen LogP contribution in [0.3, 0.4) is 0 Å². The summed E-state index contributed by atoms with van der Waals surface area (Å²) in [5.41, 5.74) is 1.63. The van der Waals surface area contributed by atoms with Crippen LogP contribution in [-0.4, -0.2) is 38.1 Å². The molecule has 2 N–H and O–H groups in total. The first-order valence-corrected chi connectivity index (χ1v) is 11.1. The van der Waals surface area contributed by atoms with Crippen LogP contribution >= 0.6 is 0 Å². The summed E-state index contributed by atoms with van der Waals surface area (Å²) in [5.74, 6) is 0.816. The number of nitrogens with zero attached hydrogens (tertiary/aromatic N) is 2. The Morgan fingerprint density at radius 1 is 1.13 bits per heavy atom. The lowest BCUT2D eigenvalue weighted by atomic mass is 10.2. The second kappa shape index (κ2) is 9.61. The number of carbonyl (C=O) groups excluding carboxylic acids is 1.